The van der Waals surface area contributed by atoms with E-state index in [1.807, 2.05) is 6.92 Å². The third-order valence-corrected chi connectivity index (χ3v) is 4.60. The van der Waals surface area contributed by atoms with Crippen LogP contribution in [0.25, 0.3) is 16.8 Å². The fraction of sp³-hybridized carbons (Fsp3) is 0.471. The summed E-state index contributed by atoms with van der Waals surface area (Å²) < 4.78 is 8.57. The number of hydrogen-bond donors (Lipinski definition) is 1. The number of aromatic nitrogens is 5. The summed E-state index contributed by atoms with van der Waals surface area (Å²) in [6.45, 7) is 3.03. The lowest BCUT2D eigenvalue weighted by atomic mass is 10.2. The summed E-state index contributed by atoms with van der Waals surface area (Å²) in [6.07, 6.45) is 4.28. The Kier molecular flexibility index (Phi) is 4.37. The van der Waals surface area contributed by atoms with Crippen LogP contribution in [0.1, 0.15) is 25.6 Å². The van der Waals surface area contributed by atoms with E-state index in [2.05, 4.69) is 20.5 Å². The number of rotatable bonds is 5. The molecule has 0 saturated carbocycles. The van der Waals surface area contributed by atoms with E-state index in [4.69, 9.17) is 4.74 Å². The number of fused-ring (bicyclic) bond motifs is 3. The van der Waals surface area contributed by atoms with Gasteiger partial charge in [-0.05, 0) is 25.0 Å². The van der Waals surface area contributed by atoms with Gasteiger partial charge in [0.25, 0.3) is 5.56 Å². The van der Waals surface area contributed by atoms with E-state index in [0.717, 1.165) is 19.4 Å². The summed E-state index contributed by atoms with van der Waals surface area (Å²) in [6, 6.07) is 3.51. The molecular weight excluding hydrogens is 336 g/mol. The molecule has 9 nitrogen and oxygen atoms in total. The van der Waals surface area contributed by atoms with Crippen molar-refractivity contribution in [3.63, 3.8) is 0 Å². The summed E-state index contributed by atoms with van der Waals surface area (Å²) in [5.74, 6) is 0.420. The van der Waals surface area contributed by atoms with Crippen molar-refractivity contribution in [3.8, 4) is 0 Å². The Morgan fingerprint density at radius 1 is 1.38 bits per heavy atom. The van der Waals surface area contributed by atoms with Gasteiger partial charge in [0, 0.05) is 25.8 Å². The number of amides is 1. The van der Waals surface area contributed by atoms with Crippen LogP contribution in [-0.4, -0.2) is 49.3 Å². The Morgan fingerprint density at radius 3 is 3.04 bits per heavy atom. The number of aryl methyl sites for hydroxylation is 1. The van der Waals surface area contributed by atoms with Crippen LogP contribution in [0.4, 0.5) is 0 Å². The second-order valence-corrected chi connectivity index (χ2v) is 6.31. The first-order valence-electron chi connectivity index (χ1n) is 8.79. The Labute approximate surface area is 149 Å². The first-order valence-corrected chi connectivity index (χ1v) is 8.79. The van der Waals surface area contributed by atoms with Crippen LogP contribution < -0.4 is 10.9 Å². The summed E-state index contributed by atoms with van der Waals surface area (Å²) in [4.78, 5) is 29.6. The molecule has 0 spiro atoms. The van der Waals surface area contributed by atoms with Gasteiger partial charge in [-0.2, -0.15) is 0 Å². The fourth-order valence-electron chi connectivity index (χ4n) is 3.30. The van der Waals surface area contributed by atoms with Crippen LogP contribution in [0, 0.1) is 0 Å². The van der Waals surface area contributed by atoms with E-state index >= 15 is 0 Å². The van der Waals surface area contributed by atoms with E-state index in [-0.39, 0.29) is 29.8 Å². The van der Waals surface area contributed by atoms with Gasteiger partial charge in [0.15, 0.2) is 5.65 Å². The van der Waals surface area contributed by atoms with Crippen molar-refractivity contribution in [2.24, 2.45) is 0 Å². The Morgan fingerprint density at radius 2 is 2.27 bits per heavy atom. The zero-order chi connectivity index (χ0) is 18.1. The predicted octanol–water partition coefficient (Wildman–Crippen LogP) is 0.297. The van der Waals surface area contributed by atoms with Crippen molar-refractivity contribution in [1.82, 2.24) is 29.5 Å². The van der Waals surface area contributed by atoms with Gasteiger partial charge in [0.2, 0.25) is 11.6 Å². The molecule has 0 bridgehead atoms. The molecule has 1 saturated heterocycles. The molecule has 9 heteroatoms. The Hall–Kier alpha value is -2.81. The van der Waals surface area contributed by atoms with Gasteiger partial charge in [0.1, 0.15) is 12.4 Å². The molecular formula is C17H20N6O3. The highest BCUT2D eigenvalue weighted by Gasteiger charge is 2.19. The molecule has 1 aliphatic rings. The molecule has 0 aliphatic carbocycles. The molecule has 136 valence electrons. The highest BCUT2D eigenvalue weighted by molar-refractivity contribution is 5.80. The summed E-state index contributed by atoms with van der Waals surface area (Å²) >= 11 is 0. The van der Waals surface area contributed by atoms with Gasteiger partial charge in [0.05, 0.1) is 11.6 Å². The lowest BCUT2D eigenvalue weighted by molar-refractivity contribution is -0.122. The maximum Gasteiger partial charge on any atom is 0.297 e. The zero-order valence-corrected chi connectivity index (χ0v) is 14.5. The van der Waals surface area contributed by atoms with Crippen LogP contribution >= 0.6 is 0 Å². The van der Waals surface area contributed by atoms with E-state index in [9.17, 15) is 9.59 Å². The topological polar surface area (TPSA) is 103 Å². The second-order valence-electron chi connectivity index (χ2n) is 6.31. The first-order chi connectivity index (χ1) is 12.7. The minimum atomic E-state index is -0.357. The third kappa shape index (κ3) is 2.84. The van der Waals surface area contributed by atoms with Crippen LogP contribution in [0.2, 0.25) is 0 Å². The number of carbonyl (C=O) groups is 1. The van der Waals surface area contributed by atoms with E-state index < -0.39 is 0 Å². The molecule has 1 atom stereocenters. The molecule has 3 aromatic heterocycles. The minimum Gasteiger partial charge on any atom is -0.376 e. The molecule has 0 aromatic carbocycles. The molecule has 1 aliphatic heterocycles. The van der Waals surface area contributed by atoms with Gasteiger partial charge in [-0.15, -0.1) is 10.2 Å². The van der Waals surface area contributed by atoms with Crippen molar-refractivity contribution < 1.29 is 9.53 Å². The van der Waals surface area contributed by atoms with Crippen molar-refractivity contribution >= 4 is 22.7 Å². The second kappa shape index (κ2) is 6.83. The molecule has 4 rings (SSSR count). The molecule has 1 N–H and O–H groups in total. The monoisotopic (exact) mass is 356 g/mol. The molecule has 1 amide bonds. The van der Waals surface area contributed by atoms with Gasteiger partial charge in [-0.25, -0.2) is 4.98 Å². The Balaban J connectivity index is 1.70. The zero-order valence-electron chi connectivity index (χ0n) is 14.5. The number of carbonyl (C=O) groups excluding carboxylic acids is 1. The molecule has 0 radical (unpaired) electrons. The van der Waals surface area contributed by atoms with Crippen LogP contribution in [0.3, 0.4) is 0 Å². The van der Waals surface area contributed by atoms with Crippen molar-refractivity contribution in [3.05, 3.63) is 34.5 Å². The number of ether oxygens (including phenoxy) is 1. The highest BCUT2D eigenvalue weighted by Crippen LogP contribution is 2.13. The number of nitrogens with zero attached hydrogens (tertiary/aromatic N) is 5. The van der Waals surface area contributed by atoms with Crippen molar-refractivity contribution in [1.29, 1.82) is 0 Å². The average Bonchev–Trinajstić information content (AvgIpc) is 3.32. The van der Waals surface area contributed by atoms with Crippen molar-refractivity contribution in [2.45, 2.75) is 38.8 Å². The Bertz CT molecular complexity index is 1020. The maximum atomic E-state index is 12.9. The third-order valence-electron chi connectivity index (χ3n) is 4.60. The normalized spacial score (nSPS) is 17.2. The van der Waals surface area contributed by atoms with Crippen LogP contribution in [0.5, 0.6) is 0 Å². The van der Waals surface area contributed by atoms with Crippen LogP contribution in [0.15, 0.2) is 23.1 Å². The van der Waals surface area contributed by atoms with Gasteiger partial charge < -0.3 is 10.1 Å². The lowest BCUT2D eigenvalue weighted by Gasteiger charge is -2.13. The predicted molar refractivity (Wildman–Crippen MR) is 93.9 cm³/mol. The summed E-state index contributed by atoms with van der Waals surface area (Å²) in [5.41, 5.74) is 0.965. The summed E-state index contributed by atoms with van der Waals surface area (Å²) in [5, 5.41) is 10.9. The molecule has 1 unspecified atom stereocenters. The number of pyridine rings is 1. The standard InChI is InChI=1S/C17H20N6O3/c1-2-13-20-21-16-17(25)22(12-6-3-7-18-15(12)23(13)16)10-14(24)19-9-11-5-4-8-26-11/h3,6-7,11H,2,4-5,8-10H2,1H3,(H,19,24). The lowest BCUT2D eigenvalue weighted by Crippen LogP contribution is -2.37. The highest BCUT2D eigenvalue weighted by atomic mass is 16.5. The molecule has 3 aromatic rings. The quantitative estimate of drug-likeness (QED) is 0.705. The van der Waals surface area contributed by atoms with E-state index in [1.165, 1.54) is 4.57 Å². The largest absolute Gasteiger partial charge is 0.376 e. The summed E-state index contributed by atoms with van der Waals surface area (Å²) in [7, 11) is 0. The molecule has 1 fully saturated rings. The smallest absolute Gasteiger partial charge is 0.297 e. The van der Waals surface area contributed by atoms with Gasteiger partial charge in [-0.1, -0.05) is 6.92 Å². The number of nitrogens with one attached hydrogen (secondary N) is 1. The minimum absolute atomic E-state index is 0.0557. The van der Waals surface area contributed by atoms with E-state index in [0.29, 0.717) is 30.0 Å². The van der Waals surface area contributed by atoms with Crippen molar-refractivity contribution in [2.75, 3.05) is 13.2 Å². The molecule has 26 heavy (non-hydrogen) atoms. The average molecular weight is 356 g/mol. The van der Waals surface area contributed by atoms with Gasteiger partial charge >= 0.3 is 0 Å². The van der Waals surface area contributed by atoms with Crippen LogP contribution in [-0.2, 0) is 22.5 Å². The SMILES string of the molecule is CCc1nnc2c(=O)n(CC(=O)NCC3CCCO3)c3cccnc3n12. The first kappa shape index (κ1) is 16.6. The number of hydrogen-bond acceptors (Lipinski definition) is 6. The molecule has 4 heterocycles. The maximum absolute atomic E-state index is 12.9. The fourth-order valence-corrected chi connectivity index (χ4v) is 3.30. The van der Waals surface area contributed by atoms with E-state index in [1.54, 1.807) is 22.7 Å². The van der Waals surface area contributed by atoms with Gasteiger partial charge in [-0.3, -0.25) is 18.6 Å².